The second-order valence-corrected chi connectivity index (χ2v) is 11.1. The van der Waals surface area contributed by atoms with Gasteiger partial charge in [0.15, 0.2) is 0 Å². The Hall–Kier alpha value is -4.39. The topological polar surface area (TPSA) is 87.1 Å². The first-order chi connectivity index (χ1) is 19.9. The number of aryl methyl sites for hydroxylation is 1. The number of aromatic amines is 1. The molecule has 2 aromatic heterocycles. The molecule has 1 aliphatic carbocycles. The van der Waals surface area contributed by atoms with Crippen molar-refractivity contribution in [2.24, 2.45) is 13.0 Å². The molecular weight excluding hydrogens is 517 g/mol. The van der Waals surface area contributed by atoms with Gasteiger partial charge in [-0.25, -0.2) is 4.39 Å². The number of para-hydroxylation sites is 2. The number of nitrogens with one attached hydrogen (secondary N) is 2. The van der Waals surface area contributed by atoms with Crippen molar-refractivity contribution < 1.29 is 14.3 Å². The fourth-order valence-corrected chi connectivity index (χ4v) is 6.48. The first-order valence-electron chi connectivity index (χ1n) is 14.4. The van der Waals surface area contributed by atoms with Gasteiger partial charge in [0.1, 0.15) is 11.6 Å². The molecule has 6 nitrogen and oxygen atoms in total. The Balaban J connectivity index is 1.50. The Labute approximate surface area is 237 Å². The molecule has 0 spiro atoms. The highest BCUT2D eigenvalue weighted by Crippen LogP contribution is 2.41. The van der Waals surface area contributed by atoms with E-state index >= 15 is 0 Å². The highest BCUT2D eigenvalue weighted by Gasteiger charge is 2.30. The second-order valence-electron chi connectivity index (χ2n) is 11.1. The molecule has 1 unspecified atom stereocenters. The van der Waals surface area contributed by atoms with E-state index in [1.807, 2.05) is 36.4 Å². The number of aromatic nitrogens is 2. The standard InChI is InChI=1S/C34H34FN3O3/c1-38-28-17-8-6-15-26(28)32(39)30(34(38)41)29(22-12-9-13-23(35)20-22)31-25(24-14-5-7-16-27(24)37-31)18-19-36-33(40)21-10-3-2-4-11-21/h5-9,12-17,20-21,29,37,39H,2-4,10-11,18-19H2,1H3,(H,36,40). The van der Waals surface area contributed by atoms with Crippen LogP contribution in [0, 0.1) is 11.7 Å². The summed E-state index contributed by atoms with van der Waals surface area (Å²) in [6, 6.07) is 21.2. The SMILES string of the molecule is Cn1c(=O)c(C(c2cccc(F)c2)c2[nH]c3ccccc3c2CCNC(=O)C2CCCCC2)c(O)c2ccccc21. The summed E-state index contributed by atoms with van der Waals surface area (Å²) in [5.74, 6) is -1.17. The zero-order chi connectivity index (χ0) is 28.5. The van der Waals surface area contributed by atoms with E-state index in [0.29, 0.717) is 35.1 Å². The molecule has 6 rings (SSSR count). The number of rotatable bonds is 7. The summed E-state index contributed by atoms with van der Waals surface area (Å²) in [6.45, 7) is 0.432. The third-order valence-electron chi connectivity index (χ3n) is 8.57. The number of fused-ring (bicyclic) bond motifs is 2. The van der Waals surface area contributed by atoms with Crippen LogP contribution in [0.2, 0.25) is 0 Å². The van der Waals surface area contributed by atoms with Gasteiger partial charge in [-0.2, -0.15) is 0 Å². The number of halogens is 1. The summed E-state index contributed by atoms with van der Waals surface area (Å²) < 4.78 is 16.2. The third-order valence-corrected chi connectivity index (χ3v) is 8.57. The molecule has 3 N–H and O–H groups in total. The number of amides is 1. The molecule has 0 bridgehead atoms. The normalized spacial score (nSPS) is 14.9. The third kappa shape index (κ3) is 5.01. The van der Waals surface area contributed by atoms with Crippen molar-refractivity contribution in [3.63, 3.8) is 0 Å². The van der Waals surface area contributed by atoms with Gasteiger partial charge in [-0.3, -0.25) is 9.59 Å². The first kappa shape index (κ1) is 26.8. The van der Waals surface area contributed by atoms with Crippen molar-refractivity contribution in [1.29, 1.82) is 0 Å². The van der Waals surface area contributed by atoms with Crippen LogP contribution in [0.5, 0.6) is 5.75 Å². The highest BCUT2D eigenvalue weighted by atomic mass is 19.1. The fourth-order valence-electron chi connectivity index (χ4n) is 6.48. The van der Waals surface area contributed by atoms with E-state index in [2.05, 4.69) is 10.3 Å². The molecule has 0 radical (unpaired) electrons. The van der Waals surface area contributed by atoms with Crippen molar-refractivity contribution in [1.82, 2.24) is 14.9 Å². The Kier molecular flexibility index (Phi) is 7.35. The van der Waals surface area contributed by atoms with Crippen molar-refractivity contribution in [2.45, 2.75) is 44.4 Å². The van der Waals surface area contributed by atoms with Gasteiger partial charge in [0.25, 0.3) is 5.56 Å². The number of H-pyrrole nitrogens is 1. The van der Waals surface area contributed by atoms with Crippen LogP contribution in [0.25, 0.3) is 21.8 Å². The zero-order valence-electron chi connectivity index (χ0n) is 23.1. The largest absolute Gasteiger partial charge is 0.507 e. The monoisotopic (exact) mass is 551 g/mol. The van der Waals surface area contributed by atoms with Crippen LogP contribution >= 0.6 is 0 Å². The second kappa shape index (κ2) is 11.2. The number of hydrogen-bond donors (Lipinski definition) is 3. The predicted octanol–water partition coefficient (Wildman–Crippen LogP) is 6.28. The number of pyridine rings is 1. The van der Waals surface area contributed by atoms with E-state index < -0.39 is 11.7 Å². The average molecular weight is 552 g/mol. The van der Waals surface area contributed by atoms with Gasteiger partial charge in [-0.15, -0.1) is 0 Å². The van der Waals surface area contributed by atoms with Crippen molar-refractivity contribution in [3.05, 3.63) is 111 Å². The van der Waals surface area contributed by atoms with Gasteiger partial charge in [-0.05, 0) is 60.7 Å². The molecule has 5 aromatic rings. The molecule has 2 heterocycles. The summed E-state index contributed by atoms with van der Waals surface area (Å²) in [4.78, 5) is 30.3. The van der Waals surface area contributed by atoms with Gasteiger partial charge in [-0.1, -0.05) is 61.7 Å². The number of benzene rings is 3. The Bertz CT molecular complexity index is 1800. The predicted molar refractivity (Wildman–Crippen MR) is 160 cm³/mol. The summed E-state index contributed by atoms with van der Waals surface area (Å²) >= 11 is 0. The smallest absolute Gasteiger partial charge is 0.258 e. The van der Waals surface area contributed by atoms with Crippen LogP contribution in [0.15, 0.2) is 77.6 Å². The maximum Gasteiger partial charge on any atom is 0.258 e. The summed E-state index contributed by atoms with van der Waals surface area (Å²) in [5, 5.41) is 16.2. The van der Waals surface area contributed by atoms with Crippen molar-refractivity contribution in [3.8, 4) is 5.75 Å². The zero-order valence-corrected chi connectivity index (χ0v) is 23.1. The highest BCUT2D eigenvalue weighted by molar-refractivity contribution is 5.88. The molecule has 3 aromatic carbocycles. The van der Waals surface area contributed by atoms with E-state index in [-0.39, 0.29) is 28.7 Å². The first-order valence-corrected chi connectivity index (χ1v) is 14.4. The minimum absolute atomic E-state index is 0.0591. The molecule has 1 saturated carbocycles. The van der Waals surface area contributed by atoms with Crippen LogP contribution in [0.4, 0.5) is 4.39 Å². The Morgan fingerprint density at radius 1 is 1.02 bits per heavy atom. The fraction of sp³-hybridized carbons (Fsp3) is 0.294. The van der Waals surface area contributed by atoms with Gasteiger partial charge < -0.3 is 20.0 Å². The average Bonchev–Trinajstić information content (AvgIpc) is 3.36. The molecule has 210 valence electrons. The molecule has 1 atom stereocenters. The van der Waals surface area contributed by atoms with Crippen LogP contribution in [0.1, 0.15) is 60.4 Å². The van der Waals surface area contributed by atoms with Gasteiger partial charge >= 0.3 is 0 Å². The number of carbonyl (C=O) groups is 1. The van der Waals surface area contributed by atoms with Gasteiger partial charge in [0.05, 0.1) is 17.0 Å². The van der Waals surface area contributed by atoms with Crippen LogP contribution in [0.3, 0.4) is 0 Å². The molecule has 0 aliphatic heterocycles. The lowest BCUT2D eigenvalue weighted by atomic mass is 9.85. The minimum atomic E-state index is -0.773. The van der Waals surface area contributed by atoms with Gasteiger partial charge in [0.2, 0.25) is 5.91 Å². The van der Waals surface area contributed by atoms with Gasteiger partial charge in [0, 0.05) is 41.5 Å². The lowest BCUT2D eigenvalue weighted by Gasteiger charge is -2.23. The molecule has 7 heteroatoms. The van der Waals surface area contributed by atoms with Crippen molar-refractivity contribution >= 4 is 27.7 Å². The number of hydrogen-bond acceptors (Lipinski definition) is 3. The quantitative estimate of drug-likeness (QED) is 0.222. The molecule has 1 aliphatic rings. The summed E-state index contributed by atoms with van der Waals surface area (Å²) in [6.07, 6.45) is 5.73. The molecule has 1 amide bonds. The number of aromatic hydroxyl groups is 1. The lowest BCUT2D eigenvalue weighted by Crippen LogP contribution is -2.33. The molecule has 1 fully saturated rings. The van der Waals surface area contributed by atoms with Crippen LogP contribution in [-0.4, -0.2) is 27.1 Å². The number of nitrogens with zero attached hydrogens (tertiary/aromatic N) is 1. The van der Waals surface area contributed by atoms with Crippen LogP contribution < -0.4 is 10.9 Å². The maximum absolute atomic E-state index is 14.7. The summed E-state index contributed by atoms with van der Waals surface area (Å²) in [7, 11) is 1.68. The Morgan fingerprint density at radius 3 is 2.54 bits per heavy atom. The van der Waals surface area contributed by atoms with E-state index in [1.165, 1.54) is 23.1 Å². The molecular formula is C34H34FN3O3. The van der Waals surface area contributed by atoms with E-state index in [1.54, 1.807) is 31.3 Å². The summed E-state index contributed by atoms with van der Waals surface area (Å²) in [5.41, 5.74) is 3.47. The maximum atomic E-state index is 14.7. The molecule has 41 heavy (non-hydrogen) atoms. The molecule has 0 saturated heterocycles. The van der Waals surface area contributed by atoms with Crippen molar-refractivity contribution in [2.75, 3.05) is 6.54 Å². The van der Waals surface area contributed by atoms with Crippen LogP contribution in [-0.2, 0) is 18.3 Å². The lowest BCUT2D eigenvalue weighted by molar-refractivity contribution is -0.125. The number of carbonyl (C=O) groups excluding carboxylic acids is 1. The van der Waals surface area contributed by atoms with E-state index in [0.717, 1.165) is 42.1 Å². The van der Waals surface area contributed by atoms with E-state index in [9.17, 15) is 19.1 Å². The Morgan fingerprint density at radius 2 is 1.76 bits per heavy atom. The minimum Gasteiger partial charge on any atom is -0.507 e. The van der Waals surface area contributed by atoms with E-state index in [4.69, 9.17) is 0 Å².